The van der Waals surface area contributed by atoms with Gasteiger partial charge in [0.2, 0.25) is 17.7 Å². The second-order valence-corrected chi connectivity index (χ2v) is 11.0. The molecule has 0 saturated heterocycles. The Morgan fingerprint density at radius 2 is 1.63 bits per heavy atom. The number of carbonyl (C=O) groups excluding carboxylic acids is 3. The van der Waals surface area contributed by atoms with Crippen molar-refractivity contribution in [1.82, 2.24) is 20.5 Å². The Hall–Kier alpha value is -4.53. The van der Waals surface area contributed by atoms with Crippen LogP contribution < -0.4 is 10.6 Å². The lowest BCUT2D eigenvalue weighted by molar-refractivity contribution is -0.145. The summed E-state index contributed by atoms with van der Waals surface area (Å²) in [4.78, 5) is 45.5. The van der Waals surface area contributed by atoms with Crippen LogP contribution in [0.1, 0.15) is 36.1 Å². The molecule has 0 radical (unpaired) electrons. The van der Waals surface area contributed by atoms with E-state index in [1.165, 1.54) is 19.4 Å². The van der Waals surface area contributed by atoms with Crippen molar-refractivity contribution >= 4 is 28.6 Å². The van der Waals surface area contributed by atoms with Gasteiger partial charge in [-0.2, -0.15) is 0 Å². The summed E-state index contributed by atoms with van der Waals surface area (Å²) in [5.41, 5.74) is 2.71. The van der Waals surface area contributed by atoms with Gasteiger partial charge in [0.15, 0.2) is 0 Å². The topological polar surface area (TPSA) is 94.3 Å². The van der Waals surface area contributed by atoms with E-state index >= 15 is 0 Å². The van der Waals surface area contributed by atoms with Gasteiger partial charge in [0.25, 0.3) is 0 Å². The molecule has 1 unspecified atom stereocenters. The van der Waals surface area contributed by atoms with Crippen LogP contribution in [0.25, 0.3) is 10.9 Å². The van der Waals surface area contributed by atoms with Gasteiger partial charge in [0.05, 0.1) is 0 Å². The highest BCUT2D eigenvalue weighted by molar-refractivity contribution is 6.05. The molecule has 0 spiro atoms. The number of amides is 3. The zero-order chi connectivity index (χ0) is 29.1. The number of nitrogens with one attached hydrogen (secondary N) is 3. The van der Waals surface area contributed by atoms with Crippen molar-refractivity contribution in [2.24, 2.45) is 5.41 Å². The van der Waals surface area contributed by atoms with E-state index in [1.54, 1.807) is 4.90 Å². The van der Waals surface area contributed by atoms with E-state index in [4.69, 9.17) is 0 Å². The molecular formula is C32H32F2N4O3. The molecular weight excluding hydrogens is 526 g/mol. The molecule has 2 heterocycles. The fraction of sp³-hybridized carbons (Fsp3) is 0.281. The van der Waals surface area contributed by atoms with Crippen molar-refractivity contribution in [2.45, 2.75) is 45.8 Å². The van der Waals surface area contributed by atoms with E-state index in [2.05, 4.69) is 21.7 Å². The summed E-state index contributed by atoms with van der Waals surface area (Å²) >= 11 is 0. The maximum Gasteiger partial charge on any atom is 0.245 e. The molecule has 3 amide bonds. The molecule has 1 atom stereocenters. The van der Waals surface area contributed by atoms with E-state index in [9.17, 15) is 23.2 Å². The van der Waals surface area contributed by atoms with Gasteiger partial charge in [-0.3, -0.25) is 14.4 Å². The van der Waals surface area contributed by atoms with E-state index < -0.39 is 34.9 Å². The van der Waals surface area contributed by atoms with Gasteiger partial charge in [0.1, 0.15) is 23.1 Å². The van der Waals surface area contributed by atoms with Crippen LogP contribution in [0.3, 0.4) is 0 Å². The first-order valence-electron chi connectivity index (χ1n) is 13.6. The first-order valence-corrected chi connectivity index (χ1v) is 13.6. The van der Waals surface area contributed by atoms with Gasteiger partial charge in [-0.15, -0.1) is 0 Å². The van der Waals surface area contributed by atoms with Crippen LogP contribution in [0.2, 0.25) is 0 Å². The van der Waals surface area contributed by atoms with Crippen molar-refractivity contribution < 1.29 is 23.2 Å². The van der Waals surface area contributed by atoms with Gasteiger partial charge < -0.3 is 20.5 Å². The number of H-pyrrole nitrogens is 1. The summed E-state index contributed by atoms with van der Waals surface area (Å²) in [5.74, 6) is -3.01. The third-order valence-electron chi connectivity index (χ3n) is 7.66. The molecule has 7 nitrogen and oxygen atoms in total. The monoisotopic (exact) mass is 558 g/mol. The highest BCUT2D eigenvalue weighted by atomic mass is 19.1. The number of halogens is 2. The lowest BCUT2D eigenvalue weighted by Crippen LogP contribution is -2.56. The summed E-state index contributed by atoms with van der Waals surface area (Å²) in [6.07, 6.45) is 2.77. The molecule has 1 aliphatic heterocycles. The molecule has 1 aromatic heterocycles. The molecule has 5 rings (SSSR count). The molecule has 0 fully saturated rings. The van der Waals surface area contributed by atoms with Crippen LogP contribution >= 0.6 is 0 Å². The highest BCUT2D eigenvalue weighted by Crippen LogP contribution is 2.24. The maximum absolute atomic E-state index is 13.9. The SMILES string of the molecule is CC(C)(C(=O)NCc1cc(F)cc(F)c1)C(=O)NC(Cc1c[nH]c2ccccc12)C(=O)N1CCc2ccccc2C1. The number of aromatic nitrogens is 1. The van der Waals surface area contributed by atoms with Crippen molar-refractivity contribution in [2.75, 3.05) is 6.54 Å². The Morgan fingerprint density at radius 1 is 0.951 bits per heavy atom. The van der Waals surface area contributed by atoms with Crippen LogP contribution in [-0.4, -0.2) is 40.2 Å². The molecule has 41 heavy (non-hydrogen) atoms. The fourth-order valence-electron chi connectivity index (χ4n) is 5.18. The molecule has 3 aromatic carbocycles. The Morgan fingerprint density at radius 3 is 2.39 bits per heavy atom. The van der Waals surface area contributed by atoms with Gasteiger partial charge in [0, 0.05) is 49.2 Å². The smallest absolute Gasteiger partial charge is 0.245 e. The van der Waals surface area contributed by atoms with Gasteiger partial charge in [-0.1, -0.05) is 42.5 Å². The largest absolute Gasteiger partial charge is 0.361 e. The first kappa shape index (κ1) is 28.0. The minimum atomic E-state index is -1.57. The van der Waals surface area contributed by atoms with Crippen LogP contribution in [0, 0.1) is 17.0 Å². The zero-order valence-corrected chi connectivity index (χ0v) is 23.0. The minimum absolute atomic E-state index is 0.158. The van der Waals surface area contributed by atoms with E-state index in [1.807, 2.05) is 48.7 Å². The Balaban J connectivity index is 1.34. The Labute approximate surface area is 236 Å². The molecule has 0 bridgehead atoms. The standard InChI is InChI=1S/C32H32F2N4O3/c1-32(2,30(40)36-17-20-13-24(33)16-25(34)14-20)31(41)37-28(15-23-18-35-27-10-6-5-9-26(23)27)29(39)38-12-11-21-7-3-4-8-22(21)19-38/h3-10,13-14,16,18,28,35H,11-12,15,17,19H2,1-2H3,(H,36,40)(H,37,41). The average Bonchev–Trinajstić information content (AvgIpc) is 3.37. The summed E-state index contributed by atoms with van der Waals surface area (Å²) in [5, 5.41) is 6.39. The number of aromatic amines is 1. The van der Waals surface area contributed by atoms with Gasteiger partial charge >= 0.3 is 0 Å². The van der Waals surface area contributed by atoms with Gasteiger partial charge in [-0.05, 0) is 60.7 Å². The van der Waals surface area contributed by atoms with Crippen LogP contribution in [0.15, 0.2) is 72.9 Å². The number of fused-ring (bicyclic) bond motifs is 2. The number of hydrogen-bond donors (Lipinski definition) is 3. The second-order valence-electron chi connectivity index (χ2n) is 11.0. The number of nitrogens with zero attached hydrogens (tertiary/aromatic N) is 1. The van der Waals surface area contributed by atoms with E-state index in [-0.39, 0.29) is 24.4 Å². The first-order chi connectivity index (χ1) is 19.6. The summed E-state index contributed by atoms with van der Waals surface area (Å²) < 4.78 is 27.1. The van der Waals surface area contributed by atoms with Crippen molar-refractivity contribution in [3.8, 4) is 0 Å². The number of para-hydroxylation sites is 1. The average molecular weight is 559 g/mol. The molecule has 0 aliphatic carbocycles. The number of carbonyl (C=O) groups is 3. The number of hydrogen-bond acceptors (Lipinski definition) is 3. The lowest BCUT2D eigenvalue weighted by atomic mass is 9.90. The third kappa shape index (κ3) is 6.14. The van der Waals surface area contributed by atoms with Crippen molar-refractivity contribution in [3.05, 3.63) is 107 Å². The molecule has 9 heteroatoms. The third-order valence-corrected chi connectivity index (χ3v) is 7.66. The molecule has 4 aromatic rings. The zero-order valence-electron chi connectivity index (χ0n) is 23.0. The quantitative estimate of drug-likeness (QED) is 0.280. The summed E-state index contributed by atoms with van der Waals surface area (Å²) in [6, 6.07) is 17.7. The number of rotatable bonds is 8. The van der Waals surface area contributed by atoms with Gasteiger partial charge in [-0.25, -0.2) is 8.78 Å². The predicted octanol–water partition coefficient (Wildman–Crippen LogP) is 4.40. The fourth-order valence-corrected chi connectivity index (χ4v) is 5.18. The van der Waals surface area contributed by atoms with E-state index in [0.717, 1.165) is 40.2 Å². The summed E-state index contributed by atoms with van der Waals surface area (Å²) in [7, 11) is 0. The second kappa shape index (κ2) is 11.5. The molecule has 212 valence electrons. The minimum Gasteiger partial charge on any atom is -0.361 e. The Bertz CT molecular complexity index is 1590. The van der Waals surface area contributed by atoms with E-state index in [0.29, 0.717) is 19.5 Å². The normalized spacial score (nSPS) is 13.9. The molecule has 1 aliphatic rings. The lowest BCUT2D eigenvalue weighted by Gasteiger charge is -2.33. The van der Waals surface area contributed by atoms with Crippen LogP contribution in [0.5, 0.6) is 0 Å². The molecule has 3 N–H and O–H groups in total. The number of benzene rings is 3. The Kier molecular flexibility index (Phi) is 7.88. The van der Waals surface area contributed by atoms with Crippen LogP contribution in [0.4, 0.5) is 8.78 Å². The predicted molar refractivity (Wildman–Crippen MR) is 151 cm³/mol. The van der Waals surface area contributed by atoms with Crippen LogP contribution in [-0.2, 0) is 40.3 Å². The molecule has 0 saturated carbocycles. The summed E-state index contributed by atoms with van der Waals surface area (Å²) in [6.45, 7) is 3.70. The highest BCUT2D eigenvalue weighted by Gasteiger charge is 2.39. The maximum atomic E-state index is 13.9. The van der Waals surface area contributed by atoms with Crippen molar-refractivity contribution in [3.63, 3.8) is 0 Å². The van der Waals surface area contributed by atoms with Crippen molar-refractivity contribution in [1.29, 1.82) is 0 Å².